The molecular formula is C11H13Cl4N. The Kier molecular flexibility index (Phi) is 6.76. The maximum atomic E-state index is 6.04. The highest BCUT2D eigenvalue weighted by atomic mass is 35.5. The van der Waals surface area contributed by atoms with Crippen LogP contribution in [0.2, 0.25) is 15.1 Å². The minimum atomic E-state index is -0.216. The van der Waals surface area contributed by atoms with Gasteiger partial charge in [0.1, 0.15) is 0 Å². The molecule has 1 aromatic rings. The summed E-state index contributed by atoms with van der Waals surface area (Å²) in [5.74, 6) is 0. The molecule has 0 aliphatic carbocycles. The largest absolute Gasteiger partial charge is 0.324 e. The van der Waals surface area contributed by atoms with Gasteiger partial charge < -0.3 is 5.73 Å². The van der Waals surface area contributed by atoms with Crippen LogP contribution in [0.4, 0.5) is 0 Å². The molecule has 16 heavy (non-hydrogen) atoms. The lowest BCUT2D eigenvalue weighted by atomic mass is 10.0. The van der Waals surface area contributed by atoms with Crippen molar-refractivity contribution in [2.45, 2.75) is 19.4 Å². The predicted octanol–water partition coefficient (Wildman–Crippen LogP) is 5.03. The van der Waals surface area contributed by atoms with Gasteiger partial charge >= 0.3 is 0 Å². The maximum absolute atomic E-state index is 6.04. The van der Waals surface area contributed by atoms with Crippen molar-refractivity contribution in [3.63, 3.8) is 0 Å². The third-order valence-electron chi connectivity index (χ3n) is 1.99. The molecule has 0 amide bonds. The quantitative estimate of drug-likeness (QED) is 0.614. The highest BCUT2D eigenvalue weighted by Gasteiger charge is 2.13. The molecule has 1 rings (SSSR count). The van der Waals surface area contributed by atoms with Crippen LogP contribution in [0.5, 0.6) is 0 Å². The monoisotopic (exact) mass is 299 g/mol. The smallest absolute Gasteiger partial charge is 0.0641 e. The van der Waals surface area contributed by atoms with Crippen LogP contribution >= 0.6 is 47.2 Å². The number of hydrogen-bond donors (Lipinski definition) is 1. The first-order valence-corrected chi connectivity index (χ1v) is 5.59. The molecule has 0 saturated carbocycles. The second-order valence-corrected chi connectivity index (χ2v) is 4.78. The van der Waals surface area contributed by atoms with E-state index >= 15 is 0 Å². The zero-order chi connectivity index (χ0) is 11.6. The van der Waals surface area contributed by atoms with Crippen molar-refractivity contribution in [2.24, 2.45) is 5.73 Å². The van der Waals surface area contributed by atoms with Gasteiger partial charge in [-0.3, -0.25) is 0 Å². The van der Waals surface area contributed by atoms with Crippen LogP contribution in [-0.4, -0.2) is 0 Å². The van der Waals surface area contributed by atoms with E-state index in [4.69, 9.17) is 40.5 Å². The minimum Gasteiger partial charge on any atom is -0.324 e. The van der Waals surface area contributed by atoms with Crippen LogP contribution in [0.3, 0.4) is 0 Å². The van der Waals surface area contributed by atoms with E-state index in [1.54, 1.807) is 12.1 Å². The Hall–Kier alpha value is 0.0800. The first-order chi connectivity index (χ1) is 6.91. The molecule has 0 aromatic heterocycles. The summed E-state index contributed by atoms with van der Waals surface area (Å²) in [5.41, 5.74) is 7.73. The second kappa shape index (κ2) is 6.73. The zero-order valence-electron chi connectivity index (χ0n) is 8.77. The summed E-state index contributed by atoms with van der Waals surface area (Å²) in [7, 11) is 0. The van der Waals surface area contributed by atoms with Gasteiger partial charge in [0, 0.05) is 11.1 Å². The van der Waals surface area contributed by atoms with Crippen molar-refractivity contribution in [3.05, 3.63) is 44.9 Å². The van der Waals surface area contributed by atoms with Crippen LogP contribution in [0.1, 0.15) is 24.9 Å². The van der Waals surface area contributed by atoms with Gasteiger partial charge in [-0.2, -0.15) is 0 Å². The van der Waals surface area contributed by atoms with Gasteiger partial charge in [-0.05, 0) is 31.0 Å². The van der Waals surface area contributed by atoms with Crippen molar-refractivity contribution in [2.75, 3.05) is 0 Å². The van der Waals surface area contributed by atoms with Crippen molar-refractivity contribution < 1.29 is 0 Å². The third kappa shape index (κ3) is 4.15. The summed E-state index contributed by atoms with van der Waals surface area (Å²) < 4.78 is 0. The Labute approximate surface area is 117 Å². The van der Waals surface area contributed by atoms with E-state index in [9.17, 15) is 0 Å². The van der Waals surface area contributed by atoms with Crippen molar-refractivity contribution in [1.29, 1.82) is 0 Å². The molecule has 0 fully saturated rings. The number of benzene rings is 1. The van der Waals surface area contributed by atoms with E-state index in [0.29, 0.717) is 21.5 Å². The highest BCUT2D eigenvalue weighted by Crippen LogP contribution is 2.34. The maximum Gasteiger partial charge on any atom is 0.0641 e. The van der Waals surface area contributed by atoms with Crippen LogP contribution < -0.4 is 5.73 Å². The van der Waals surface area contributed by atoms with E-state index < -0.39 is 0 Å². The lowest BCUT2D eigenvalue weighted by Crippen LogP contribution is -2.11. The van der Waals surface area contributed by atoms with Crippen molar-refractivity contribution >= 4 is 47.2 Å². The van der Waals surface area contributed by atoms with E-state index in [2.05, 4.69) is 6.58 Å². The molecule has 0 bridgehead atoms. The lowest BCUT2D eigenvalue weighted by Gasteiger charge is -2.14. The molecule has 0 aliphatic heterocycles. The fraction of sp³-hybridized carbons (Fsp3) is 0.273. The third-order valence-corrected chi connectivity index (χ3v) is 3.02. The Morgan fingerprint density at radius 3 is 2.44 bits per heavy atom. The summed E-state index contributed by atoms with van der Waals surface area (Å²) in [6.45, 7) is 5.72. The average molecular weight is 301 g/mol. The lowest BCUT2D eigenvalue weighted by molar-refractivity contribution is 0.717. The molecule has 2 N–H and O–H groups in total. The number of hydrogen-bond acceptors (Lipinski definition) is 1. The molecule has 90 valence electrons. The number of halogens is 4. The Morgan fingerprint density at radius 2 is 1.94 bits per heavy atom. The fourth-order valence-electron chi connectivity index (χ4n) is 1.33. The number of rotatable bonds is 3. The van der Waals surface area contributed by atoms with Gasteiger partial charge in [0.05, 0.1) is 10.0 Å². The molecule has 1 aromatic carbocycles. The zero-order valence-corrected chi connectivity index (χ0v) is 11.9. The summed E-state index contributed by atoms with van der Waals surface area (Å²) in [6, 6.07) is 3.12. The Bertz CT molecular complexity index is 390. The van der Waals surface area contributed by atoms with Crippen molar-refractivity contribution in [1.82, 2.24) is 0 Å². The van der Waals surface area contributed by atoms with Gasteiger partial charge in [-0.25, -0.2) is 0 Å². The summed E-state index contributed by atoms with van der Waals surface area (Å²) in [6.07, 6.45) is 0.663. The SMILES string of the molecule is C=C(C)C[C@H](N)c1cc(Cl)cc(Cl)c1Cl.Cl. The van der Waals surface area contributed by atoms with Crippen LogP contribution in [0.25, 0.3) is 0 Å². The molecule has 0 heterocycles. The van der Waals surface area contributed by atoms with E-state index in [1.165, 1.54) is 0 Å². The van der Waals surface area contributed by atoms with Gasteiger partial charge in [0.15, 0.2) is 0 Å². The van der Waals surface area contributed by atoms with Gasteiger partial charge in [-0.15, -0.1) is 19.0 Å². The average Bonchev–Trinajstić information content (AvgIpc) is 2.09. The first-order valence-electron chi connectivity index (χ1n) is 4.46. The molecule has 0 saturated heterocycles. The van der Waals surface area contributed by atoms with Crippen LogP contribution in [-0.2, 0) is 0 Å². The summed E-state index contributed by atoms with van der Waals surface area (Å²) in [4.78, 5) is 0. The minimum absolute atomic E-state index is 0. The highest BCUT2D eigenvalue weighted by molar-refractivity contribution is 6.43. The van der Waals surface area contributed by atoms with E-state index in [1.807, 2.05) is 6.92 Å². The molecule has 5 heteroatoms. The molecule has 0 spiro atoms. The van der Waals surface area contributed by atoms with Crippen molar-refractivity contribution in [3.8, 4) is 0 Å². The fourth-order valence-corrected chi connectivity index (χ4v) is 2.09. The van der Waals surface area contributed by atoms with Gasteiger partial charge in [-0.1, -0.05) is 40.4 Å². The molecule has 1 nitrogen and oxygen atoms in total. The molecule has 0 aliphatic rings. The van der Waals surface area contributed by atoms with E-state index in [0.717, 1.165) is 11.1 Å². The molecular weight excluding hydrogens is 288 g/mol. The summed E-state index contributed by atoms with van der Waals surface area (Å²) in [5, 5.41) is 1.43. The van der Waals surface area contributed by atoms with Crippen LogP contribution in [0.15, 0.2) is 24.3 Å². The summed E-state index contributed by atoms with van der Waals surface area (Å²) >= 11 is 17.8. The van der Waals surface area contributed by atoms with Crippen LogP contribution in [0, 0.1) is 0 Å². The molecule has 0 unspecified atom stereocenters. The van der Waals surface area contributed by atoms with Gasteiger partial charge in [0.25, 0.3) is 0 Å². The first kappa shape index (κ1) is 16.1. The second-order valence-electron chi connectivity index (χ2n) is 3.56. The normalized spacial score (nSPS) is 11.8. The molecule has 0 radical (unpaired) electrons. The Morgan fingerprint density at radius 1 is 1.38 bits per heavy atom. The van der Waals surface area contributed by atoms with Gasteiger partial charge in [0.2, 0.25) is 0 Å². The predicted molar refractivity (Wildman–Crippen MR) is 75.1 cm³/mol. The topological polar surface area (TPSA) is 26.0 Å². The van der Waals surface area contributed by atoms with E-state index in [-0.39, 0.29) is 18.4 Å². The number of nitrogens with two attached hydrogens (primary N) is 1. The molecule has 1 atom stereocenters. The Balaban J connectivity index is 0.00000225. The standard InChI is InChI=1S/C11H12Cl3N.ClH/c1-6(2)3-10(15)8-4-7(12)5-9(13)11(8)14;/h4-5,10H,1,3,15H2,2H3;1H/t10-;/m0./s1.